The molecule has 3 rings (SSSR count). The van der Waals surface area contributed by atoms with E-state index < -0.39 is 11.9 Å². The zero-order chi connectivity index (χ0) is 14.3. The lowest BCUT2D eigenvalue weighted by Crippen LogP contribution is -2.08. The minimum atomic E-state index is -0.853. The van der Waals surface area contributed by atoms with Crippen LogP contribution >= 0.6 is 23.1 Å². The number of hydrogen-bond donors (Lipinski definition) is 1. The van der Waals surface area contributed by atoms with E-state index in [0.717, 1.165) is 26.7 Å². The lowest BCUT2D eigenvalue weighted by Gasteiger charge is -2.10. The van der Waals surface area contributed by atoms with Gasteiger partial charge in [0.2, 0.25) is 0 Å². The number of carboxylic acids is 1. The molecule has 0 radical (unpaired) electrons. The van der Waals surface area contributed by atoms with E-state index in [4.69, 9.17) is 5.11 Å². The lowest BCUT2D eigenvalue weighted by atomic mass is 9.97. The van der Waals surface area contributed by atoms with Crippen molar-refractivity contribution in [1.29, 1.82) is 0 Å². The van der Waals surface area contributed by atoms with Gasteiger partial charge < -0.3 is 5.11 Å². The summed E-state index contributed by atoms with van der Waals surface area (Å²) >= 11 is 3.19. The number of carbonyl (C=O) groups is 2. The molecule has 0 aliphatic carbocycles. The van der Waals surface area contributed by atoms with Crippen molar-refractivity contribution >= 4 is 34.9 Å². The van der Waals surface area contributed by atoms with Gasteiger partial charge in [0.1, 0.15) is 0 Å². The third kappa shape index (κ3) is 2.17. The summed E-state index contributed by atoms with van der Waals surface area (Å²) in [6.07, 6.45) is 0. The Balaban J connectivity index is 2.05. The molecule has 102 valence electrons. The van der Waals surface area contributed by atoms with Crippen LogP contribution < -0.4 is 0 Å². The van der Waals surface area contributed by atoms with Gasteiger partial charge in [-0.3, -0.25) is 9.59 Å². The number of aliphatic carboxylic acids is 1. The van der Waals surface area contributed by atoms with Gasteiger partial charge in [0, 0.05) is 26.7 Å². The molecule has 0 saturated carbocycles. The zero-order valence-electron chi connectivity index (χ0n) is 10.8. The van der Waals surface area contributed by atoms with Crippen molar-refractivity contribution in [3.05, 3.63) is 51.2 Å². The second kappa shape index (κ2) is 5.07. The summed E-state index contributed by atoms with van der Waals surface area (Å²) in [5, 5.41) is 11.0. The van der Waals surface area contributed by atoms with Gasteiger partial charge in [-0.05, 0) is 36.1 Å². The Morgan fingerprint density at radius 1 is 1.30 bits per heavy atom. The minimum Gasteiger partial charge on any atom is -0.481 e. The number of carbonyl (C=O) groups excluding carboxylic acids is 1. The molecule has 2 heterocycles. The second-order valence-electron chi connectivity index (χ2n) is 4.69. The molecule has 1 aromatic heterocycles. The highest BCUT2D eigenvalue weighted by molar-refractivity contribution is 7.98. The number of benzene rings is 1. The molecule has 3 nitrogen and oxygen atoms in total. The van der Waals surface area contributed by atoms with Gasteiger partial charge >= 0.3 is 5.97 Å². The Kier molecular flexibility index (Phi) is 3.40. The molecule has 0 amide bonds. The maximum atomic E-state index is 12.5. The summed E-state index contributed by atoms with van der Waals surface area (Å²) in [5.74, 6) is -0.616. The van der Waals surface area contributed by atoms with Crippen LogP contribution in [0.3, 0.4) is 0 Å². The highest BCUT2D eigenvalue weighted by Gasteiger charge is 2.24. The van der Waals surface area contributed by atoms with Crippen LogP contribution in [0, 0.1) is 0 Å². The molecule has 5 heteroatoms. The molecule has 0 bridgehead atoms. The van der Waals surface area contributed by atoms with Crippen molar-refractivity contribution in [3.8, 4) is 0 Å². The van der Waals surface area contributed by atoms with E-state index in [0.29, 0.717) is 5.56 Å². The Labute approximate surface area is 124 Å². The number of hydrogen-bond acceptors (Lipinski definition) is 4. The first-order valence-corrected chi connectivity index (χ1v) is 8.05. The molecule has 0 unspecified atom stereocenters. The van der Waals surface area contributed by atoms with Crippen LogP contribution in [0.2, 0.25) is 0 Å². The Bertz CT molecular complexity index is 703. The molecular formula is C15H12O3S2. The zero-order valence-corrected chi connectivity index (χ0v) is 12.4. The van der Waals surface area contributed by atoms with E-state index >= 15 is 0 Å². The van der Waals surface area contributed by atoms with E-state index in [1.807, 2.05) is 17.5 Å². The summed E-state index contributed by atoms with van der Waals surface area (Å²) in [6, 6.07) is 7.21. The topological polar surface area (TPSA) is 54.4 Å². The number of ketones is 1. The maximum absolute atomic E-state index is 12.5. The summed E-state index contributed by atoms with van der Waals surface area (Å²) in [7, 11) is 0. The van der Waals surface area contributed by atoms with Crippen molar-refractivity contribution in [2.75, 3.05) is 0 Å². The standard InChI is InChI=1S/C15H12O3S2/c1-8(15(17)18)9-2-3-10-12(6-9)20-7-13-11(14(10)16)4-5-19-13/h2-6,8H,7H2,1H3,(H,17,18)/t8-/m0/s1. The largest absolute Gasteiger partial charge is 0.481 e. The predicted molar refractivity (Wildman–Crippen MR) is 79.8 cm³/mol. The quantitative estimate of drug-likeness (QED) is 0.917. The van der Waals surface area contributed by atoms with Gasteiger partial charge in [-0.2, -0.15) is 0 Å². The Hall–Kier alpha value is -1.59. The smallest absolute Gasteiger partial charge is 0.310 e. The van der Waals surface area contributed by atoms with E-state index in [9.17, 15) is 9.59 Å². The summed E-state index contributed by atoms with van der Waals surface area (Å²) in [6.45, 7) is 1.66. The monoisotopic (exact) mass is 304 g/mol. The number of rotatable bonds is 2. The highest BCUT2D eigenvalue weighted by Crippen LogP contribution is 2.37. The van der Waals surface area contributed by atoms with Crippen LogP contribution in [-0.2, 0) is 10.5 Å². The summed E-state index contributed by atoms with van der Waals surface area (Å²) < 4.78 is 0. The number of carboxylic acid groups (broad SMARTS) is 1. The van der Waals surface area contributed by atoms with Gasteiger partial charge in [-0.25, -0.2) is 0 Å². The molecule has 0 spiro atoms. The van der Waals surface area contributed by atoms with Gasteiger partial charge in [0.15, 0.2) is 5.78 Å². The van der Waals surface area contributed by atoms with Crippen LogP contribution in [0.5, 0.6) is 0 Å². The van der Waals surface area contributed by atoms with Crippen molar-refractivity contribution < 1.29 is 14.7 Å². The fourth-order valence-electron chi connectivity index (χ4n) is 2.20. The number of thiophene rings is 1. The van der Waals surface area contributed by atoms with Gasteiger partial charge in [0.05, 0.1) is 5.92 Å². The third-order valence-corrected chi connectivity index (χ3v) is 5.65. The molecule has 1 aliphatic heterocycles. The number of fused-ring (bicyclic) bond motifs is 2. The predicted octanol–water partition coefficient (Wildman–Crippen LogP) is 3.77. The van der Waals surface area contributed by atoms with Crippen molar-refractivity contribution in [2.24, 2.45) is 0 Å². The van der Waals surface area contributed by atoms with Crippen LogP contribution in [0.1, 0.15) is 39.2 Å². The fourth-order valence-corrected chi connectivity index (χ4v) is 4.28. The normalized spacial score (nSPS) is 15.2. The van der Waals surface area contributed by atoms with Crippen LogP contribution in [0.25, 0.3) is 0 Å². The van der Waals surface area contributed by atoms with Gasteiger partial charge in [-0.1, -0.05) is 6.07 Å². The average molecular weight is 304 g/mol. The van der Waals surface area contributed by atoms with E-state index in [1.54, 1.807) is 42.2 Å². The minimum absolute atomic E-state index is 0.0378. The van der Waals surface area contributed by atoms with Crippen LogP contribution in [0.4, 0.5) is 0 Å². The second-order valence-corrected chi connectivity index (χ2v) is 6.71. The first-order valence-electron chi connectivity index (χ1n) is 6.18. The molecule has 0 saturated heterocycles. The van der Waals surface area contributed by atoms with E-state index in [-0.39, 0.29) is 5.78 Å². The van der Waals surface area contributed by atoms with Crippen LogP contribution in [0.15, 0.2) is 34.5 Å². The molecular weight excluding hydrogens is 292 g/mol. The van der Waals surface area contributed by atoms with Crippen molar-refractivity contribution in [1.82, 2.24) is 0 Å². The molecule has 20 heavy (non-hydrogen) atoms. The SMILES string of the molecule is C[C@H](C(=O)O)c1ccc2c(c1)SCc1sccc1C2=O. The fraction of sp³-hybridized carbons (Fsp3) is 0.200. The van der Waals surface area contributed by atoms with Crippen molar-refractivity contribution in [2.45, 2.75) is 23.5 Å². The first-order chi connectivity index (χ1) is 9.58. The first kappa shape index (κ1) is 13.4. The van der Waals surface area contributed by atoms with Crippen molar-refractivity contribution in [3.63, 3.8) is 0 Å². The van der Waals surface area contributed by atoms with Crippen LogP contribution in [-0.4, -0.2) is 16.9 Å². The molecule has 1 aromatic carbocycles. The molecule has 1 aliphatic rings. The van der Waals surface area contributed by atoms with E-state index in [2.05, 4.69) is 0 Å². The summed E-state index contributed by atoms with van der Waals surface area (Å²) in [4.78, 5) is 25.5. The molecule has 1 atom stereocenters. The van der Waals surface area contributed by atoms with Gasteiger partial charge in [0.25, 0.3) is 0 Å². The summed E-state index contributed by atoms with van der Waals surface area (Å²) in [5.41, 5.74) is 2.19. The molecule has 1 N–H and O–H groups in total. The Morgan fingerprint density at radius 3 is 2.85 bits per heavy atom. The average Bonchev–Trinajstić information content (AvgIpc) is 2.87. The Morgan fingerprint density at radius 2 is 2.10 bits per heavy atom. The lowest BCUT2D eigenvalue weighted by molar-refractivity contribution is -0.138. The van der Waals surface area contributed by atoms with Gasteiger partial charge in [-0.15, -0.1) is 23.1 Å². The third-order valence-electron chi connectivity index (χ3n) is 3.47. The maximum Gasteiger partial charge on any atom is 0.310 e. The molecule has 0 fully saturated rings. The van der Waals surface area contributed by atoms with E-state index in [1.165, 1.54) is 0 Å². The molecule has 2 aromatic rings. The highest BCUT2D eigenvalue weighted by atomic mass is 32.2. The number of thioether (sulfide) groups is 1.